The summed E-state index contributed by atoms with van der Waals surface area (Å²) < 4.78 is 62.5. The van der Waals surface area contributed by atoms with Gasteiger partial charge >= 0.3 is 220 Å². The van der Waals surface area contributed by atoms with E-state index in [1.807, 2.05) is 6.92 Å². The first-order chi connectivity index (χ1) is 18.8. The summed E-state index contributed by atoms with van der Waals surface area (Å²) in [7, 11) is 2.48. The number of benzene rings is 1. The van der Waals surface area contributed by atoms with Crippen molar-refractivity contribution in [2.24, 2.45) is 4.99 Å². The molecule has 1 saturated heterocycles. The molecule has 0 radical (unpaired) electrons. The number of methoxy groups -OCH3 is 1. The summed E-state index contributed by atoms with van der Waals surface area (Å²) in [6.07, 6.45) is 0.877. The van der Waals surface area contributed by atoms with Gasteiger partial charge in [-0.15, -0.1) is 0 Å². The Morgan fingerprint density at radius 1 is 1.35 bits per heavy atom. The van der Waals surface area contributed by atoms with Crippen LogP contribution in [-0.4, -0.2) is 61.6 Å². The number of alkyl carbamates (subject to hydrolysis) is 1. The van der Waals surface area contributed by atoms with Crippen LogP contribution in [0.3, 0.4) is 0 Å². The van der Waals surface area contributed by atoms with Crippen molar-refractivity contribution in [2.75, 3.05) is 20.3 Å². The van der Waals surface area contributed by atoms with E-state index in [4.69, 9.17) is 24.1 Å². The Hall–Kier alpha value is -3.95. The molecule has 0 aromatic heterocycles. The van der Waals surface area contributed by atoms with Gasteiger partial charge in [-0.3, -0.25) is 0 Å². The Labute approximate surface area is 233 Å². The summed E-state index contributed by atoms with van der Waals surface area (Å²) in [5, 5.41) is 11.5. The maximum atomic E-state index is 13.9. The molecule has 13 heteroatoms. The van der Waals surface area contributed by atoms with Gasteiger partial charge in [-0.25, -0.2) is 0 Å². The Morgan fingerprint density at radius 2 is 2.08 bits per heavy atom. The maximum absolute atomic E-state index is 13.9. The van der Waals surface area contributed by atoms with Crippen LogP contribution in [0.2, 0.25) is 0 Å². The number of aliphatic imine (C=N–C) groups is 1. The number of halogens is 3. The normalized spacial score (nSPS) is 16.5. The van der Waals surface area contributed by atoms with Gasteiger partial charge in [0.15, 0.2) is 0 Å². The van der Waals surface area contributed by atoms with Crippen molar-refractivity contribution >= 4 is 30.5 Å². The second-order valence-electron chi connectivity index (χ2n) is 9.65. The van der Waals surface area contributed by atoms with Crippen LogP contribution in [0, 0.1) is 11.5 Å². The molecular weight excluding hydrogens is 528 g/mol. The summed E-state index contributed by atoms with van der Waals surface area (Å²) in [6.45, 7) is 10.8. The van der Waals surface area contributed by atoms with E-state index in [0.717, 1.165) is 13.2 Å². The number of nitrogens with zero attached hydrogens (tertiary/aromatic N) is 3. The van der Waals surface area contributed by atoms with Crippen molar-refractivity contribution in [3.8, 4) is 12.0 Å². The molecule has 1 aliphatic rings. The molecule has 1 heterocycles. The first-order valence-corrected chi connectivity index (χ1v) is 12.6. The Morgan fingerprint density at radius 3 is 2.65 bits per heavy atom. The van der Waals surface area contributed by atoms with Gasteiger partial charge in [-0.1, -0.05) is 12.7 Å². The Balaban J connectivity index is 2.49. The molecule has 1 fully saturated rings. The van der Waals surface area contributed by atoms with Gasteiger partial charge in [0, 0.05) is 0 Å². The van der Waals surface area contributed by atoms with E-state index in [0.29, 0.717) is 25.8 Å². The van der Waals surface area contributed by atoms with Crippen molar-refractivity contribution in [2.45, 2.75) is 64.8 Å². The fourth-order valence-corrected chi connectivity index (χ4v) is 3.95. The number of carbonyl (C=O) groups is 1. The number of nitrogens with one attached hydrogen (secondary N) is 1. The molecule has 0 aliphatic carbocycles. The number of nitriles is 1. The standard InChI is InChI=1S/C27H34BF3N4O5/c1-7-10-20(18-12-13-22(38-15-8-2)19(16-18)27(29,30)31)33-23(37-6)21-11-9-14-35(21)24(28-39-17-32)34-25(36)40-26(3,4)5/h8,10,12-13,16,21H,2,7,9,11,14-15H2,1,3-6H3,(H,34,36)/b20-10-,33-23?. The van der Waals surface area contributed by atoms with E-state index >= 15 is 0 Å². The summed E-state index contributed by atoms with van der Waals surface area (Å²) in [5.74, 6) is -0.114. The fourth-order valence-electron chi connectivity index (χ4n) is 3.95. The van der Waals surface area contributed by atoms with E-state index in [1.54, 1.807) is 31.7 Å². The second-order valence-corrected chi connectivity index (χ2v) is 9.65. The molecule has 1 aromatic carbocycles. The van der Waals surface area contributed by atoms with Crippen LogP contribution in [-0.2, 0) is 20.3 Å². The van der Waals surface area contributed by atoms with E-state index in [-0.39, 0.29) is 35.2 Å². The van der Waals surface area contributed by atoms with Gasteiger partial charge in [0.2, 0.25) is 0 Å². The number of rotatable bonds is 10. The first kappa shape index (κ1) is 32.3. The molecule has 1 atom stereocenters. The third kappa shape index (κ3) is 9.36. The number of carbonyl (C=O) groups excluding carboxylic acids is 1. The molecule has 1 aliphatic heterocycles. The SMILES string of the molecule is C=CCOc1ccc(/C(=C/CC)N=C(OC)C2CCCN2C(=BOC#N)NC(=O)OC(C)(C)C)cc1C(F)(F)F. The predicted molar refractivity (Wildman–Crippen MR) is 146 cm³/mol. The van der Waals surface area contributed by atoms with Gasteiger partial charge in [-0.05, 0) is 0 Å². The van der Waals surface area contributed by atoms with Gasteiger partial charge in [0.25, 0.3) is 0 Å². The summed E-state index contributed by atoms with van der Waals surface area (Å²) >= 11 is 0. The zero-order valence-electron chi connectivity index (χ0n) is 23.3. The third-order valence-electron chi connectivity index (χ3n) is 5.47. The summed E-state index contributed by atoms with van der Waals surface area (Å²) in [5.41, 5.74) is -1.07. The molecule has 216 valence electrons. The molecule has 40 heavy (non-hydrogen) atoms. The average molecular weight is 562 g/mol. The topological polar surface area (TPSA) is 105 Å². The van der Waals surface area contributed by atoms with Crippen LogP contribution < -0.4 is 10.1 Å². The van der Waals surface area contributed by atoms with E-state index < -0.39 is 29.5 Å². The fraction of sp³-hybridized carbons (Fsp3) is 0.481. The van der Waals surface area contributed by atoms with Crippen LogP contribution in [0.1, 0.15) is 58.1 Å². The number of alkyl halides is 3. The Bertz CT molecular complexity index is 1190. The third-order valence-corrected chi connectivity index (χ3v) is 5.47. The molecule has 1 amide bonds. The molecule has 0 spiro atoms. The van der Waals surface area contributed by atoms with Crippen molar-refractivity contribution < 1.29 is 36.8 Å². The summed E-state index contributed by atoms with van der Waals surface area (Å²) in [4.78, 5) is 18.8. The van der Waals surface area contributed by atoms with Gasteiger partial charge in [-0.2, -0.15) is 0 Å². The van der Waals surface area contributed by atoms with Gasteiger partial charge in [0.05, 0.1) is 0 Å². The molecule has 1 N–H and O–H groups in total. The minimum atomic E-state index is -4.66. The van der Waals surface area contributed by atoms with Crippen LogP contribution in [0.5, 0.6) is 5.75 Å². The van der Waals surface area contributed by atoms with Crippen LogP contribution in [0.15, 0.2) is 41.9 Å². The van der Waals surface area contributed by atoms with Crippen LogP contribution >= 0.6 is 0 Å². The average Bonchev–Trinajstić information content (AvgIpc) is 3.35. The second kappa shape index (κ2) is 14.4. The van der Waals surface area contributed by atoms with Gasteiger partial charge < -0.3 is 0 Å². The molecular formula is C27H34BF3N4O5. The molecule has 1 unspecified atom stereocenters. The van der Waals surface area contributed by atoms with Crippen molar-refractivity contribution in [1.29, 1.82) is 5.26 Å². The molecule has 2 rings (SSSR count). The Kier molecular flexibility index (Phi) is 11.7. The quantitative estimate of drug-likeness (QED) is 0.136. The summed E-state index contributed by atoms with van der Waals surface area (Å²) in [6, 6.07) is 3.21. The van der Waals surface area contributed by atoms with Crippen molar-refractivity contribution in [3.63, 3.8) is 0 Å². The minimum absolute atomic E-state index is 0.0771. The number of hydrogen-bond donors (Lipinski definition) is 1. The van der Waals surface area contributed by atoms with Gasteiger partial charge in [0.1, 0.15) is 0 Å². The number of ether oxygens (including phenoxy) is 3. The monoisotopic (exact) mass is 562 g/mol. The number of hydrogen-bond acceptors (Lipinski definition) is 8. The van der Waals surface area contributed by atoms with E-state index in [1.165, 1.54) is 31.6 Å². The zero-order chi connectivity index (χ0) is 29.9. The van der Waals surface area contributed by atoms with E-state index in [2.05, 4.69) is 16.9 Å². The number of amides is 1. The van der Waals surface area contributed by atoms with Crippen LogP contribution in [0.25, 0.3) is 5.70 Å². The predicted octanol–water partition coefficient (Wildman–Crippen LogP) is 5.26. The van der Waals surface area contributed by atoms with Crippen molar-refractivity contribution in [3.05, 3.63) is 48.1 Å². The molecule has 9 nitrogen and oxygen atoms in total. The van der Waals surface area contributed by atoms with E-state index in [9.17, 15) is 18.0 Å². The number of allylic oxidation sites excluding steroid dienone is 1. The van der Waals surface area contributed by atoms with Crippen LogP contribution in [0.4, 0.5) is 18.0 Å². The first-order valence-electron chi connectivity index (χ1n) is 12.6. The molecule has 0 bridgehead atoms. The molecule has 1 aromatic rings. The zero-order valence-corrected chi connectivity index (χ0v) is 23.3. The van der Waals surface area contributed by atoms with Crippen molar-refractivity contribution in [1.82, 2.24) is 10.2 Å². The number of likely N-dealkylation sites (tertiary alicyclic amines) is 1. The molecule has 0 saturated carbocycles.